The molecule has 0 unspecified atom stereocenters. The number of hydrogen-bond acceptors (Lipinski definition) is 8. The van der Waals surface area contributed by atoms with E-state index in [-0.39, 0.29) is 0 Å². The predicted molar refractivity (Wildman–Crippen MR) is 44.9 cm³/mol. The maximum atomic E-state index is 10.6. The molecule has 1 rings (SSSR count). The molecule has 1 aliphatic rings. The summed E-state index contributed by atoms with van der Waals surface area (Å²) < 4.78 is 0. The van der Waals surface area contributed by atoms with Crippen LogP contribution in [0.3, 0.4) is 0 Å². The minimum atomic E-state index is -3.30. The van der Waals surface area contributed by atoms with Gasteiger partial charge in [-0.15, -0.1) is 0 Å². The van der Waals surface area contributed by atoms with Crippen LogP contribution in [0.25, 0.3) is 0 Å². The van der Waals surface area contributed by atoms with E-state index in [9.17, 15) is 30.4 Å². The molecule has 0 heterocycles. The van der Waals surface area contributed by atoms with Crippen LogP contribution in [0.15, 0.2) is 0 Å². The Balaban J connectivity index is 3.13. The van der Waals surface area contributed by atoms with Gasteiger partial charge in [-0.3, -0.25) is 20.2 Å². The molecule has 1 saturated carbocycles. The Morgan fingerprint density at radius 1 is 0.875 bits per heavy atom. The summed E-state index contributed by atoms with van der Waals surface area (Å²) in [5.74, 6) is -6.30. The first-order valence-electron chi connectivity index (χ1n) is 4.24. The first-order chi connectivity index (χ1) is 7.05. The molecule has 10 heteroatoms. The van der Waals surface area contributed by atoms with Crippen molar-refractivity contribution in [3.05, 3.63) is 20.2 Å². The highest BCUT2D eigenvalue weighted by atomic mass is 16.7. The Morgan fingerprint density at radius 2 is 1.31 bits per heavy atom. The van der Waals surface area contributed by atoms with Crippen molar-refractivity contribution in [1.29, 1.82) is 0 Å². The Bertz CT molecular complexity index is 323. The van der Waals surface area contributed by atoms with E-state index in [0.29, 0.717) is 0 Å². The van der Waals surface area contributed by atoms with Crippen molar-refractivity contribution in [1.82, 2.24) is 0 Å². The molecule has 92 valence electrons. The first kappa shape index (κ1) is 12.7. The van der Waals surface area contributed by atoms with Gasteiger partial charge in [0.2, 0.25) is 11.6 Å². The fourth-order valence-corrected chi connectivity index (χ4v) is 1.58. The first-order valence-corrected chi connectivity index (χ1v) is 4.24. The number of hydrogen-bond donors (Lipinski definition) is 4. The summed E-state index contributed by atoms with van der Waals surface area (Å²) in [7, 11) is 0. The molecule has 0 atom stereocenters. The monoisotopic (exact) mass is 238 g/mol. The molecule has 0 aromatic rings. The Hall–Kier alpha value is -1.36. The molecule has 0 saturated heterocycles. The van der Waals surface area contributed by atoms with Crippen molar-refractivity contribution in [3.8, 4) is 0 Å². The number of rotatable bonds is 2. The van der Waals surface area contributed by atoms with Crippen LogP contribution >= 0.6 is 0 Å². The van der Waals surface area contributed by atoms with Crippen molar-refractivity contribution in [2.45, 2.75) is 36.5 Å². The third-order valence-corrected chi connectivity index (χ3v) is 2.72. The fourth-order valence-electron chi connectivity index (χ4n) is 1.58. The minimum absolute atomic E-state index is 0.803. The molecule has 0 radical (unpaired) electrons. The van der Waals surface area contributed by atoms with E-state index in [4.69, 9.17) is 10.2 Å². The zero-order chi connectivity index (χ0) is 12.8. The van der Waals surface area contributed by atoms with E-state index in [1.807, 2.05) is 0 Å². The summed E-state index contributed by atoms with van der Waals surface area (Å²) in [6.07, 6.45) is -3.09. The van der Waals surface area contributed by atoms with Crippen molar-refractivity contribution < 1.29 is 30.3 Å². The Morgan fingerprint density at radius 3 is 1.62 bits per heavy atom. The highest BCUT2D eigenvalue weighted by molar-refractivity contribution is 4.94. The van der Waals surface area contributed by atoms with Crippen LogP contribution in [-0.2, 0) is 0 Å². The van der Waals surface area contributed by atoms with Gasteiger partial charge in [0, 0.05) is 6.42 Å². The summed E-state index contributed by atoms with van der Waals surface area (Å²) in [5.41, 5.74) is -2.81. The summed E-state index contributed by atoms with van der Waals surface area (Å²) >= 11 is 0. The lowest BCUT2D eigenvalue weighted by atomic mass is 9.80. The number of nitro groups is 2. The van der Waals surface area contributed by atoms with Gasteiger partial charge in [-0.25, -0.2) is 0 Å². The summed E-state index contributed by atoms with van der Waals surface area (Å²) in [5, 5.41) is 57.8. The van der Waals surface area contributed by atoms with Crippen molar-refractivity contribution in [2.24, 2.45) is 0 Å². The van der Waals surface area contributed by atoms with E-state index in [1.54, 1.807) is 0 Å². The summed E-state index contributed by atoms with van der Waals surface area (Å²) in [6.45, 7) is 0. The second kappa shape index (κ2) is 3.31. The molecule has 0 aromatic heterocycles. The zero-order valence-corrected chi connectivity index (χ0v) is 7.94. The minimum Gasteiger partial charge on any atom is -0.361 e. The third kappa shape index (κ3) is 1.61. The largest absolute Gasteiger partial charge is 0.464 e. The van der Waals surface area contributed by atoms with Gasteiger partial charge in [-0.1, -0.05) is 0 Å². The van der Waals surface area contributed by atoms with Gasteiger partial charge in [0.05, 0.1) is 16.3 Å². The van der Waals surface area contributed by atoms with Gasteiger partial charge < -0.3 is 20.4 Å². The molecular formula is C6H10N2O8. The lowest BCUT2D eigenvalue weighted by Gasteiger charge is -2.40. The van der Waals surface area contributed by atoms with Crippen LogP contribution in [-0.4, -0.2) is 47.5 Å². The van der Waals surface area contributed by atoms with Crippen LogP contribution in [0.5, 0.6) is 0 Å². The second-order valence-corrected chi connectivity index (χ2v) is 3.81. The SMILES string of the molecule is O=[N+]([O-])C1([N+](=O)[O-])CCC(O)(O)C(O)(O)C1. The highest BCUT2D eigenvalue weighted by Gasteiger charge is 2.69. The van der Waals surface area contributed by atoms with Gasteiger partial charge in [0.1, 0.15) is 6.42 Å². The van der Waals surface area contributed by atoms with Crippen molar-refractivity contribution in [2.75, 3.05) is 0 Å². The number of aliphatic hydroxyl groups is 4. The predicted octanol–water partition coefficient (Wildman–Crippen LogP) is -2.22. The molecule has 0 aromatic carbocycles. The molecule has 10 nitrogen and oxygen atoms in total. The van der Waals surface area contributed by atoms with E-state index in [1.165, 1.54) is 0 Å². The van der Waals surface area contributed by atoms with Gasteiger partial charge in [0.25, 0.3) is 0 Å². The summed E-state index contributed by atoms with van der Waals surface area (Å²) in [4.78, 5) is 18.7. The Kier molecular flexibility index (Phi) is 2.63. The van der Waals surface area contributed by atoms with E-state index in [0.717, 1.165) is 0 Å². The standard InChI is InChI=1S/C6H10N2O8/c9-5(10)2-1-4(7(13)14,8(15)16)3-6(5,11)12/h9-12H,1-3H2. The smallest absolute Gasteiger partial charge is 0.361 e. The van der Waals surface area contributed by atoms with Crippen LogP contribution in [0, 0.1) is 20.2 Å². The van der Waals surface area contributed by atoms with Crippen LogP contribution in [0.4, 0.5) is 0 Å². The molecule has 0 spiro atoms. The number of nitrogens with zero attached hydrogens (tertiary/aromatic N) is 2. The molecule has 16 heavy (non-hydrogen) atoms. The zero-order valence-electron chi connectivity index (χ0n) is 7.94. The molecular weight excluding hydrogens is 228 g/mol. The quantitative estimate of drug-likeness (QED) is 0.238. The maximum Gasteiger partial charge on any atom is 0.464 e. The van der Waals surface area contributed by atoms with Crippen molar-refractivity contribution >= 4 is 0 Å². The molecule has 4 N–H and O–H groups in total. The van der Waals surface area contributed by atoms with Gasteiger partial charge in [-0.05, 0) is 0 Å². The fraction of sp³-hybridized carbons (Fsp3) is 1.00. The summed E-state index contributed by atoms with van der Waals surface area (Å²) in [6, 6.07) is 0. The van der Waals surface area contributed by atoms with Gasteiger partial charge in [0.15, 0.2) is 0 Å². The lowest BCUT2D eigenvalue weighted by Crippen LogP contribution is -2.66. The molecule has 1 aliphatic carbocycles. The molecule has 1 fully saturated rings. The average Bonchev–Trinajstić information content (AvgIpc) is 2.09. The third-order valence-electron chi connectivity index (χ3n) is 2.72. The average molecular weight is 238 g/mol. The highest BCUT2D eigenvalue weighted by Crippen LogP contribution is 2.41. The van der Waals surface area contributed by atoms with Crippen LogP contribution < -0.4 is 0 Å². The van der Waals surface area contributed by atoms with Crippen molar-refractivity contribution in [3.63, 3.8) is 0 Å². The molecule has 0 aliphatic heterocycles. The van der Waals surface area contributed by atoms with Gasteiger partial charge >= 0.3 is 5.66 Å². The lowest BCUT2D eigenvalue weighted by molar-refractivity contribution is -0.807. The van der Waals surface area contributed by atoms with E-state index >= 15 is 0 Å². The maximum absolute atomic E-state index is 10.6. The van der Waals surface area contributed by atoms with Crippen LogP contribution in [0.1, 0.15) is 19.3 Å². The second-order valence-electron chi connectivity index (χ2n) is 3.81. The molecule has 0 amide bonds. The topological polar surface area (TPSA) is 167 Å². The Labute approximate surface area is 88.0 Å². The van der Waals surface area contributed by atoms with E-state index < -0.39 is 46.3 Å². The normalized spacial score (nSPS) is 26.0. The van der Waals surface area contributed by atoms with Gasteiger partial charge in [-0.2, -0.15) is 0 Å². The van der Waals surface area contributed by atoms with Crippen LogP contribution in [0.2, 0.25) is 0 Å². The van der Waals surface area contributed by atoms with E-state index in [2.05, 4.69) is 0 Å². The molecule has 0 bridgehead atoms.